The summed E-state index contributed by atoms with van der Waals surface area (Å²) >= 11 is 0. The molecule has 0 aliphatic heterocycles. The first-order chi connectivity index (χ1) is 14.3. The molecule has 0 amide bonds. The molecule has 3 aromatic rings. The van der Waals surface area contributed by atoms with Gasteiger partial charge in [-0.05, 0) is 43.2 Å². The number of benzene rings is 2. The number of nitrogens with zero attached hydrogens (tertiary/aromatic N) is 1. The second-order valence-electron chi connectivity index (χ2n) is 7.18. The molecule has 0 aliphatic carbocycles. The van der Waals surface area contributed by atoms with Gasteiger partial charge in [0, 0.05) is 23.8 Å². The average Bonchev–Trinajstić information content (AvgIpc) is 3.01. The van der Waals surface area contributed by atoms with E-state index in [1.165, 1.54) is 18.2 Å². The predicted octanol–water partition coefficient (Wildman–Crippen LogP) is 3.68. The standard InChI is InChI=1S/C22H26FN3O3S/c1-4-24-22(26-13-21-15(2)19-7-5-6-8-20(19)29-21)25-12-17-11-18(23)10-9-16(17)14-30(3,27)28/h5-11H,4,12-14H2,1-3H3,(H2,24,25,26). The van der Waals surface area contributed by atoms with Crippen molar-refractivity contribution < 1.29 is 17.2 Å². The summed E-state index contributed by atoms with van der Waals surface area (Å²) in [4.78, 5) is 4.51. The van der Waals surface area contributed by atoms with Gasteiger partial charge in [0.25, 0.3) is 0 Å². The van der Waals surface area contributed by atoms with Gasteiger partial charge in [-0.1, -0.05) is 24.3 Å². The third-order valence-electron chi connectivity index (χ3n) is 4.70. The summed E-state index contributed by atoms with van der Waals surface area (Å²) in [5.74, 6) is 0.769. The minimum absolute atomic E-state index is 0.150. The number of furan rings is 1. The van der Waals surface area contributed by atoms with Crippen molar-refractivity contribution in [1.29, 1.82) is 0 Å². The van der Waals surface area contributed by atoms with Crippen molar-refractivity contribution in [1.82, 2.24) is 10.6 Å². The van der Waals surface area contributed by atoms with E-state index in [2.05, 4.69) is 15.6 Å². The van der Waals surface area contributed by atoms with Gasteiger partial charge in [-0.15, -0.1) is 0 Å². The number of nitrogens with one attached hydrogen (secondary N) is 2. The van der Waals surface area contributed by atoms with Crippen LogP contribution in [0.4, 0.5) is 4.39 Å². The van der Waals surface area contributed by atoms with Gasteiger partial charge in [0.15, 0.2) is 15.8 Å². The topological polar surface area (TPSA) is 83.7 Å². The summed E-state index contributed by atoms with van der Waals surface area (Å²) in [5.41, 5.74) is 2.98. The number of fused-ring (bicyclic) bond motifs is 1. The Morgan fingerprint density at radius 2 is 1.90 bits per heavy atom. The van der Waals surface area contributed by atoms with Crippen LogP contribution in [-0.4, -0.2) is 27.2 Å². The molecule has 0 fully saturated rings. The molecule has 3 rings (SSSR count). The normalized spacial score (nSPS) is 12.3. The van der Waals surface area contributed by atoms with Crippen LogP contribution in [0.1, 0.15) is 29.4 Å². The van der Waals surface area contributed by atoms with E-state index in [9.17, 15) is 12.8 Å². The first-order valence-electron chi connectivity index (χ1n) is 9.71. The number of halogens is 1. The Labute approximate surface area is 176 Å². The molecule has 1 heterocycles. The molecule has 0 aliphatic rings. The Morgan fingerprint density at radius 3 is 2.60 bits per heavy atom. The highest BCUT2D eigenvalue weighted by atomic mass is 32.2. The average molecular weight is 432 g/mol. The van der Waals surface area contributed by atoms with Crippen LogP contribution >= 0.6 is 0 Å². The lowest BCUT2D eigenvalue weighted by Gasteiger charge is -2.12. The van der Waals surface area contributed by atoms with Crippen LogP contribution in [-0.2, 0) is 28.7 Å². The maximum Gasteiger partial charge on any atom is 0.191 e. The lowest BCUT2D eigenvalue weighted by atomic mass is 10.1. The van der Waals surface area contributed by atoms with Gasteiger partial charge >= 0.3 is 0 Å². The van der Waals surface area contributed by atoms with E-state index >= 15 is 0 Å². The van der Waals surface area contributed by atoms with Gasteiger partial charge in [0.1, 0.15) is 17.2 Å². The van der Waals surface area contributed by atoms with E-state index in [1.54, 1.807) is 0 Å². The summed E-state index contributed by atoms with van der Waals surface area (Å²) in [7, 11) is -3.24. The SMILES string of the molecule is CCNC(=NCc1cc(F)ccc1CS(C)(=O)=O)NCc1oc2ccccc2c1C. The highest BCUT2D eigenvalue weighted by Crippen LogP contribution is 2.24. The number of hydrogen-bond acceptors (Lipinski definition) is 4. The van der Waals surface area contributed by atoms with Crippen LogP contribution in [0.2, 0.25) is 0 Å². The van der Waals surface area contributed by atoms with Crippen LogP contribution in [0.15, 0.2) is 51.9 Å². The molecule has 160 valence electrons. The lowest BCUT2D eigenvalue weighted by Crippen LogP contribution is -2.36. The number of para-hydroxylation sites is 1. The third-order valence-corrected chi connectivity index (χ3v) is 5.53. The molecule has 8 heteroatoms. The Kier molecular flexibility index (Phi) is 6.77. The Morgan fingerprint density at radius 1 is 1.13 bits per heavy atom. The number of hydrogen-bond donors (Lipinski definition) is 2. The zero-order chi connectivity index (χ0) is 21.7. The Balaban J connectivity index is 1.78. The van der Waals surface area contributed by atoms with Gasteiger partial charge in [-0.2, -0.15) is 0 Å². The molecule has 0 saturated heterocycles. The predicted molar refractivity (Wildman–Crippen MR) is 118 cm³/mol. The van der Waals surface area contributed by atoms with E-state index < -0.39 is 15.7 Å². The van der Waals surface area contributed by atoms with E-state index in [-0.39, 0.29) is 12.3 Å². The van der Waals surface area contributed by atoms with Crippen molar-refractivity contribution in [2.45, 2.75) is 32.7 Å². The third kappa shape index (κ3) is 5.60. The monoisotopic (exact) mass is 431 g/mol. The number of aliphatic imine (C=N–C) groups is 1. The number of sulfone groups is 1. The van der Waals surface area contributed by atoms with Crippen molar-refractivity contribution >= 4 is 26.8 Å². The van der Waals surface area contributed by atoms with E-state index in [0.717, 1.165) is 28.5 Å². The molecule has 2 aromatic carbocycles. The summed E-state index contributed by atoms with van der Waals surface area (Å²) in [6.07, 6.45) is 1.16. The zero-order valence-electron chi connectivity index (χ0n) is 17.3. The van der Waals surface area contributed by atoms with Crippen LogP contribution in [0, 0.1) is 12.7 Å². The van der Waals surface area contributed by atoms with E-state index in [4.69, 9.17) is 4.42 Å². The van der Waals surface area contributed by atoms with Crippen molar-refractivity contribution in [3.8, 4) is 0 Å². The quantitative estimate of drug-likeness (QED) is 0.440. The zero-order valence-corrected chi connectivity index (χ0v) is 18.1. The van der Waals surface area contributed by atoms with Crippen LogP contribution in [0.25, 0.3) is 11.0 Å². The molecular formula is C22H26FN3O3S. The summed E-state index contributed by atoms with van der Waals surface area (Å²) in [6, 6.07) is 11.9. The highest BCUT2D eigenvalue weighted by Gasteiger charge is 2.12. The fraction of sp³-hybridized carbons (Fsp3) is 0.318. The van der Waals surface area contributed by atoms with Gasteiger partial charge < -0.3 is 15.1 Å². The molecule has 0 unspecified atom stereocenters. The molecule has 30 heavy (non-hydrogen) atoms. The van der Waals surface area contributed by atoms with Gasteiger partial charge in [0.05, 0.1) is 18.8 Å². The van der Waals surface area contributed by atoms with Crippen molar-refractivity contribution in [3.05, 3.63) is 70.7 Å². The summed E-state index contributed by atoms with van der Waals surface area (Å²) < 4.78 is 43.0. The maximum absolute atomic E-state index is 13.7. The molecular weight excluding hydrogens is 405 g/mol. The lowest BCUT2D eigenvalue weighted by molar-refractivity contribution is 0.534. The number of rotatable bonds is 7. The Bertz CT molecular complexity index is 1170. The number of guanidine groups is 1. The molecule has 0 saturated carbocycles. The number of aryl methyl sites for hydroxylation is 1. The van der Waals surface area contributed by atoms with E-state index in [0.29, 0.717) is 30.2 Å². The molecule has 0 bridgehead atoms. The molecule has 0 spiro atoms. The smallest absolute Gasteiger partial charge is 0.191 e. The van der Waals surface area contributed by atoms with Crippen molar-refractivity contribution in [2.75, 3.05) is 12.8 Å². The minimum atomic E-state index is -3.24. The fourth-order valence-corrected chi connectivity index (χ4v) is 4.08. The largest absolute Gasteiger partial charge is 0.459 e. The van der Waals surface area contributed by atoms with Gasteiger partial charge in [0.2, 0.25) is 0 Å². The van der Waals surface area contributed by atoms with Crippen LogP contribution in [0.3, 0.4) is 0 Å². The van der Waals surface area contributed by atoms with Crippen LogP contribution < -0.4 is 10.6 Å². The van der Waals surface area contributed by atoms with Crippen molar-refractivity contribution in [2.24, 2.45) is 4.99 Å². The van der Waals surface area contributed by atoms with Gasteiger partial charge in [-0.25, -0.2) is 17.8 Å². The van der Waals surface area contributed by atoms with Gasteiger partial charge in [-0.3, -0.25) is 0 Å². The maximum atomic E-state index is 13.7. The first-order valence-corrected chi connectivity index (χ1v) is 11.8. The van der Waals surface area contributed by atoms with Crippen LogP contribution in [0.5, 0.6) is 0 Å². The second kappa shape index (κ2) is 9.30. The highest BCUT2D eigenvalue weighted by molar-refractivity contribution is 7.89. The minimum Gasteiger partial charge on any atom is -0.459 e. The molecule has 1 aromatic heterocycles. The fourth-order valence-electron chi connectivity index (χ4n) is 3.23. The molecule has 0 radical (unpaired) electrons. The summed E-state index contributed by atoms with van der Waals surface area (Å²) in [6.45, 7) is 5.19. The van der Waals surface area contributed by atoms with Crippen molar-refractivity contribution in [3.63, 3.8) is 0 Å². The van der Waals surface area contributed by atoms with E-state index in [1.807, 2.05) is 38.1 Å². The summed E-state index contributed by atoms with van der Waals surface area (Å²) in [5, 5.41) is 7.44. The second-order valence-corrected chi connectivity index (χ2v) is 9.32. The Hall–Kier alpha value is -2.87. The molecule has 2 N–H and O–H groups in total. The first kappa shape index (κ1) is 21.8. The molecule has 6 nitrogen and oxygen atoms in total. The molecule has 0 atom stereocenters.